The summed E-state index contributed by atoms with van der Waals surface area (Å²) < 4.78 is 17.4. The Morgan fingerprint density at radius 3 is 2.39 bits per heavy atom. The maximum Gasteiger partial charge on any atom is 0.306 e. The van der Waals surface area contributed by atoms with Crippen LogP contribution in [-0.4, -0.2) is 37.7 Å². The summed E-state index contributed by atoms with van der Waals surface area (Å²) in [6.45, 7) is 5.97. The summed E-state index contributed by atoms with van der Waals surface area (Å²) in [7, 11) is 3.13. The van der Waals surface area contributed by atoms with Gasteiger partial charge in [0.05, 0.1) is 26.7 Å². The molecule has 166 valence electrons. The normalized spacial score (nSPS) is 14.2. The second-order valence-electron chi connectivity index (χ2n) is 8.83. The van der Waals surface area contributed by atoms with E-state index in [1.165, 1.54) is 0 Å². The average Bonchev–Trinajstić information content (AvgIpc) is 3.12. The van der Waals surface area contributed by atoms with Crippen LogP contribution in [0.2, 0.25) is 0 Å². The molecule has 31 heavy (non-hydrogen) atoms. The maximum absolute atomic E-state index is 12.2. The molecule has 0 amide bonds. The van der Waals surface area contributed by atoms with Crippen LogP contribution in [0, 0.1) is 11.3 Å². The number of benzene rings is 2. The lowest BCUT2D eigenvalue weighted by atomic mass is 9.84. The molecule has 1 aliphatic carbocycles. The van der Waals surface area contributed by atoms with Crippen molar-refractivity contribution in [2.45, 2.75) is 40.0 Å². The van der Waals surface area contributed by atoms with Gasteiger partial charge in [-0.05, 0) is 41.5 Å². The van der Waals surface area contributed by atoms with E-state index >= 15 is 0 Å². The summed E-state index contributed by atoms with van der Waals surface area (Å²) in [5.41, 5.74) is 3.16. The number of hydrogen-bond donors (Lipinski definition) is 1. The number of aliphatic carboxylic acids is 1. The summed E-state index contributed by atoms with van der Waals surface area (Å²) in [6.07, 6.45) is 1.68. The van der Waals surface area contributed by atoms with E-state index in [1.54, 1.807) is 21.1 Å². The Morgan fingerprint density at radius 1 is 1.03 bits per heavy atom. The molecule has 0 saturated heterocycles. The fraction of sp³-hybridized carbons (Fsp3) is 0.440. The highest BCUT2D eigenvalue weighted by Crippen LogP contribution is 2.47. The van der Waals surface area contributed by atoms with Gasteiger partial charge in [0.1, 0.15) is 0 Å². The van der Waals surface area contributed by atoms with Crippen molar-refractivity contribution in [1.82, 2.24) is 0 Å². The fourth-order valence-electron chi connectivity index (χ4n) is 4.24. The number of rotatable bonds is 9. The monoisotopic (exact) mass is 426 g/mol. The Bertz CT molecular complexity index is 992. The van der Waals surface area contributed by atoms with Crippen molar-refractivity contribution >= 4 is 11.8 Å². The Labute approximate surface area is 183 Å². The highest BCUT2D eigenvalue weighted by molar-refractivity contribution is 6.02. The van der Waals surface area contributed by atoms with Gasteiger partial charge in [-0.2, -0.15) is 0 Å². The van der Waals surface area contributed by atoms with E-state index in [9.17, 15) is 14.7 Å². The summed E-state index contributed by atoms with van der Waals surface area (Å²) in [5, 5.41) is 9.28. The molecule has 0 aliphatic heterocycles. The van der Waals surface area contributed by atoms with Crippen LogP contribution in [0.25, 0.3) is 11.1 Å². The number of carbonyl (C=O) groups is 2. The van der Waals surface area contributed by atoms with Crippen LogP contribution in [0.5, 0.6) is 17.2 Å². The molecule has 0 saturated carbocycles. The van der Waals surface area contributed by atoms with E-state index in [4.69, 9.17) is 14.2 Å². The van der Waals surface area contributed by atoms with Crippen LogP contribution in [0.4, 0.5) is 0 Å². The summed E-state index contributed by atoms with van der Waals surface area (Å²) >= 11 is 0. The third-order valence-corrected chi connectivity index (χ3v) is 5.76. The van der Waals surface area contributed by atoms with Crippen molar-refractivity contribution in [3.63, 3.8) is 0 Å². The molecule has 0 aromatic heterocycles. The van der Waals surface area contributed by atoms with Gasteiger partial charge in [-0.1, -0.05) is 39.0 Å². The third-order valence-electron chi connectivity index (χ3n) is 5.76. The van der Waals surface area contributed by atoms with Crippen molar-refractivity contribution < 1.29 is 28.9 Å². The smallest absolute Gasteiger partial charge is 0.306 e. The Morgan fingerprint density at radius 2 is 1.74 bits per heavy atom. The SMILES string of the molecule is COc1ccc(-c2cccc3c2CCC3=O)c(OCC(C)(C)CC(C)C(=O)O)c1OC. The summed E-state index contributed by atoms with van der Waals surface area (Å²) in [4.78, 5) is 23.6. The first kappa shape index (κ1) is 22.7. The van der Waals surface area contributed by atoms with Crippen LogP contribution in [-0.2, 0) is 11.2 Å². The molecule has 1 atom stereocenters. The zero-order valence-electron chi connectivity index (χ0n) is 18.8. The number of carboxylic acid groups (broad SMARTS) is 1. The molecular formula is C25H30O6. The second kappa shape index (κ2) is 9.00. The van der Waals surface area contributed by atoms with Crippen molar-refractivity contribution in [3.05, 3.63) is 41.5 Å². The molecule has 0 heterocycles. The molecule has 6 nitrogen and oxygen atoms in total. The molecule has 1 unspecified atom stereocenters. The minimum absolute atomic E-state index is 0.156. The molecule has 6 heteroatoms. The molecule has 0 bridgehead atoms. The average molecular weight is 427 g/mol. The van der Waals surface area contributed by atoms with Gasteiger partial charge in [0.2, 0.25) is 5.75 Å². The van der Waals surface area contributed by atoms with E-state index in [2.05, 4.69) is 0 Å². The van der Waals surface area contributed by atoms with Crippen LogP contribution in [0.3, 0.4) is 0 Å². The molecule has 0 radical (unpaired) electrons. The van der Waals surface area contributed by atoms with Gasteiger partial charge >= 0.3 is 5.97 Å². The predicted molar refractivity (Wildman–Crippen MR) is 118 cm³/mol. The van der Waals surface area contributed by atoms with Gasteiger partial charge in [-0.15, -0.1) is 0 Å². The Hall–Kier alpha value is -3.02. The van der Waals surface area contributed by atoms with E-state index in [1.807, 2.05) is 44.2 Å². The zero-order chi connectivity index (χ0) is 22.8. The molecule has 2 aromatic carbocycles. The van der Waals surface area contributed by atoms with Crippen molar-refractivity contribution in [2.75, 3.05) is 20.8 Å². The van der Waals surface area contributed by atoms with Crippen molar-refractivity contribution in [1.29, 1.82) is 0 Å². The molecule has 3 rings (SSSR count). The lowest BCUT2D eigenvalue weighted by molar-refractivity contribution is -0.142. The molecule has 1 N–H and O–H groups in total. The van der Waals surface area contributed by atoms with E-state index in [-0.39, 0.29) is 11.2 Å². The standard InChI is InChI=1S/C25H30O6/c1-15(24(27)28)13-25(2,3)14-31-22-19(10-12-21(29-4)23(22)30-5)16-7-6-8-18-17(16)9-11-20(18)26/h6-8,10,12,15H,9,11,13-14H2,1-5H3,(H,27,28). The number of Topliss-reactive ketones (excluding diaryl/α,β-unsaturated/α-hetero) is 1. The van der Waals surface area contributed by atoms with Crippen molar-refractivity contribution in [2.24, 2.45) is 11.3 Å². The maximum atomic E-state index is 12.2. The Balaban J connectivity index is 2.03. The Kier molecular flexibility index (Phi) is 6.58. The molecule has 2 aromatic rings. The fourth-order valence-corrected chi connectivity index (χ4v) is 4.24. The lowest BCUT2D eigenvalue weighted by Gasteiger charge is -2.28. The highest BCUT2D eigenvalue weighted by atomic mass is 16.5. The van der Waals surface area contributed by atoms with Gasteiger partial charge in [0, 0.05) is 17.5 Å². The van der Waals surface area contributed by atoms with E-state index in [0.29, 0.717) is 43.1 Å². The van der Waals surface area contributed by atoms with E-state index in [0.717, 1.165) is 22.3 Å². The topological polar surface area (TPSA) is 82.1 Å². The molecule has 0 fully saturated rings. The van der Waals surface area contributed by atoms with Crippen LogP contribution < -0.4 is 14.2 Å². The number of methoxy groups -OCH3 is 2. The van der Waals surface area contributed by atoms with Gasteiger partial charge in [0.15, 0.2) is 17.3 Å². The first-order valence-electron chi connectivity index (χ1n) is 10.4. The highest BCUT2D eigenvalue weighted by Gasteiger charge is 2.29. The largest absolute Gasteiger partial charge is 0.493 e. The van der Waals surface area contributed by atoms with Gasteiger partial charge in [0.25, 0.3) is 0 Å². The zero-order valence-corrected chi connectivity index (χ0v) is 18.8. The summed E-state index contributed by atoms with van der Waals surface area (Å²) in [6, 6.07) is 9.49. The van der Waals surface area contributed by atoms with Crippen LogP contribution >= 0.6 is 0 Å². The lowest BCUT2D eigenvalue weighted by Crippen LogP contribution is -2.27. The number of hydrogen-bond acceptors (Lipinski definition) is 5. The number of ketones is 1. The second-order valence-corrected chi connectivity index (χ2v) is 8.83. The van der Waals surface area contributed by atoms with Crippen LogP contribution in [0.15, 0.2) is 30.3 Å². The minimum atomic E-state index is -0.822. The quantitative estimate of drug-likeness (QED) is 0.607. The molecule has 1 aliphatic rings. The third kappa shape index (κ3) is 4.68. The number of carboxylic acids is 1. The van der Waals surface area contributed by atoms with E-state index < -0.39 is 11.9 Å². The first-order chi connectivity index (χ1) is 14.7. The minimum Gasteiger partial charge on any atom is -0.493 e. The number of carbonyl (C=O) groups excluding carboxylic acids is 1. The number of ether oxygens (including phenoxy) is 3. The summed E-state index contributed by atoms with van der Waals surface area (Å²) in [5.74, 6) is 0.408. The molecule has 0 spiro atoms. The predicted octanol–water partition coefficient (Wildman–Crippen LogP) is 5.02. The first-order valence-corrected chi connectivity index (χ1v) is 10.4. The number of fused-ring (bicyclic) bond motifs is 1. The van der Waals surface area contributed by atoms with Crippen LogP contribution in [0.1, 0.15) is 49.5 Å². The van der Waals surface area contributed by atoms with Crippen molar-refractivity contribution in [3.8, 4) is 28.4 Å². The van der Waals surface area contributed by atoms with Gasteiger partial charge < -0.3 is 19.3 Å². The molecular weight excluding hydrogens is 396 g/mol. The van der Waals surface area contributed by atoms with Gasteiger partial charge in [-0.3, -0.25) is 9.59 Å². The van der Waals surface area contributed by atoms with Gasteiger partial charge in [-0.25, -0.2) is 0 Å².